The van der Waals surface area contributed by atoms with Gasteiger partial charge < -0.3 is 0 Å². The monoisotopic (exact) mass is 130 g/mol. The summed E-state index contributed by atoms with van der Waals surface area (Å²) < 4.78 is 12.1. The van der Waals surface area contributed by atoms with E-state index in [-0.39, 0.29) is 5.82 Å². The second kappa shape index (κ2) is 2.27. The molecule has 0 amide bonds. The number of hydrogen-bond acceptors (Lipinski definition) is 1. The molecule has 0 atom stereocenters. The zero-order valence-corrected chi connectivity index (χ0v) is 5.46. The molecule has 0 nitrogen and oxygen atoms in total. The maximum absolute atomic E-state index is 12.1. The first-order valence-electron chi connectivity index (χ1n) is 2.56. The van der Waals surface area contributed by atoms with Crippen LogP contribution in [0.15, 0.2) is 11.4 Å². The third-order valence-electron chi connectivity index (χ3n) is 0.970. The van der Waals surface area contributed by atoms with Crippen molar-refractivity contribution < 1.29 is 4.39 Å². The topological polar surface area (TPSA) is 0 Å². The molecule has 0 saturated carbocycles. The molecule has 0 saturated heterocycles. The zero-order chi connectivity index (χ0) is 5.98. The largest absolute Gasteiger partial charge is 0.206 e. The quantitative estimate of drug-likeness (QED) is 0.547. The lowest BCUT2D eigenvalue weighted by molar-refractivity contribution is 0.632. The van der Waals surface area contributed by atoms with E-state index in [4.69, 9.17) is 0 Å². The summed E-state index contributed by atoms with van der Waals surface area (Å²) in [6.07, 6.45) is 0.939. The summed E-state index contributed by atoms with van der Waals surface area (Å²) in [5, 5.41) is 1.53. The molecular weight excluding hydrogens is 123 g/mol. The van der Waals surface area contributed by atoms with Crippen LogP contribution in [0.5, 0.6) is 0 Å². The number of halogens is 1. The van der Waals surface area contributed by atoms with Crippen molar-refractivity contribution in [2.24, 2.45) is 0 Å². The van der Waals surface area contributed by atoms with Crippen LogP contribution in [0.1, 0.15) is 11.8 Å². The van der Waals surface area contributed by atoms with Crippen molar-refractivity contribution in [3.63, 3.8) is 0 Å². The Labute approximate surface area is 52.0 Å². The maximum Gasteiger partial charge on any atom is 0.134 e. The molecule has 1 rings (SSSR count). The van der Waals surface area contributed by atoms with E-state index >= 15 is 0 Å². The Balaban J connectivity index is 2.84. The Morgan fingerprint density at radius 1 is 1.75 bits per heavy atom. The summed E-state index contributed by atoms with van der Waals surface area (Å²) in [5.41, 5.74) is 0. The summed E-state index contributed by atoms with van der Waals surface area (Å²) in [5.74, 6) is -0.105. The van der Waals surface area contributed by atoms with E-state index in [0.29, 0.717) is 0 Å². The Morgan fingerprint density at radius 3 is 2.75 bits per heavy atom. The standard InChI is InChI=1S/C6H7FS/c1-2-6-3-5(7)4-8-6/h3-4H,2H2,1H3. The highest BCUT2D eigenvalue weighted by molar-refractivity contribution is 7.09. The molecule has 0 bridgehead atoms. The van der Waals surface area contributed by atoms with Gasteiger partial charge in [-0.3, -0.25) is 0 Å². The van der Waals surface area contributed by atoms with Crippen molar-refractivity contribution in [3.05, 3.63) is 22.1 Å². The lowest BCUT2D eigenvalue weighted by atomic mass is 10.4. The second-order valence-electron chi connectivity index (χ2n) is 1.58. The Bertz CT molecular complexity index is 169. The maximum atomic E-state index is 12.1. The van der Waals surface area contributed by atoms with Crippen LogP contribution in [-0.4, -0.2) is 0 Å². The molecule has 0 unspecified atom stereocenters. The third-order valence-corrected chi connectivity index (χ3v) is 2.02. The van der Waals surface area contributed by atoms with Crippen molar-refractivity contribution in [3.8, 4) is 0 Å². The fourth-order valence-corrected chi connectivity index (χ4v) is 1.22. The van der Waals surface area contributed by atoms with Crippen LogP contribution in [-0.2, 0) is 6.42 Å². The highest BCUT2D eigenvalue weighted by Gasteiger charge is 1.92. The predicted molar refractivity (Wildman–Crippen MR) is 33.7 cm³/mol. The molecule has 0 spiro atoms. The third kappa shape index (κ3) is 1.07. The lowest BCUT2D eigenvalue weighted by Crippen LogP contribution is -1.65. The van der Waals surface area contributed by atoms with Crippen molar-refractivity contribution in [1.82, 2.24) is 0 Å². The number of thiophene rings is 1. The Hall–Kier alpha value is -0.370. The number of aryl methyl sites for hydroxylation is 1. The molecule has 0 aliphatic heterocycles. The number of rotatable bonds is 1. The van der Waals surface area contributed by atoms with Crippen LogP contribution in [0.4, 0.5) is 4.39 Å². The van der Waals surface area contributed by atoms with Gasteiger partial charge in [-0.15, -0.1) is 11.3 Å². The van der Waals surface area contributed by atoms with E-state index in [1.807, 2.05) is 6.92 Å². The Morgan fingerprint density at radius 2 is 2.50 bits per heavy atom. The van der Waals surface area contributed by atoms with Crippen LogP contribution in [0.25, 0.3) is 0 Å². The predicted octanol–water partition coefficient (Wildman–Crippen LogP) is 2.45. The molecular formula is C6H7FS. The van der Waals surface area contributed by atoms with Gasteiger partial charge in [0.1, 0.15) is 5.82 Å². The molecule has 1 aromatic rings. The van der Waals surface area contributed by atoms with Crippen molar-refractivity contribution in [1.29, 1.82) is 0 Å². The van der Waals surface area contributed by atoms with Crippen LogP contribution in [0.3, 0.4) is 0 Å². The van der Waals surface area contributed by atoms with Crippen LogP contribution in [0, 0.1) is 5.82 Å². The lowest BCUT2D eigenvalue weighted by Gasteiger charge is -1.78. The van der Waals surface area contributed by atoms with Gasteiger partial charge in [-0.1, -0.05) is 6.92 Å². The summed E-state index contributed by atoms with van der Waals surface area (Å²) in [6, 6.07) is 1.57. The minimum atomic E-state index is -0.105. The van der Waals surface area contributed by atoms with Gasteiger partial charge in [0.2, 0.25) is 0 Å². The molecule has 8 heavy (non-hydrogen) atoms. The molecule has 1 aromatic heterocycles. The van der Waals surface area contributed by atoms with Crippen molar-refractivity contribution in [2.45, 2.75) is 13.3 Å². The number of hydrogen-bond donors (Lipinski definition) is 0. The van der Waals surface area contributed by atoms with E-state index in [2.05, 4.69) is 0 Å². The van der Waals surface area contributed by atoms with E-state index in [1.54, 1.807) is 6.07 Å². The van der Waals surface area contributed by atoms with E-state index in [1.165, 1.54) is 16.7 Å². The van der Waals surface area contributed by atoms with Crippen LogP contribution < -0.4 is 0 Å². The van der Waals surface area contributed by atoms with Gasteiger partial charge in [0, 0.05) is 10.3 Å². The Kier molecular flexibility index (Phi) is 1.63. The first kappa shape index (κ1) is 5.76. The average molecular weight is 130 g/mol. The summed E-state index contributed by atoms with van der Waals surface area (Å²) >= 11 is 1.47. The van der Waals surface area contributed by atoms with Gasteiger partial charge >= 0.3 is 0 Å². The first-order valence-corrected chi connectivity index (χ1v) is 3.44. The van der Waals surface area contributed by atoms with Gasteiger partial charge in [-0.05, 0) is 12.5 Å². The molecule has 0 aromatic carbocycles. The minimum Gasteiger partial charge on any atom is -0.206 e. The molecule has 0 aliphatic rings. The SMILES string of the molecule is CCc1cc(F)cs1. The van der Waals surface area contributed by atoms with Gasteiger partial charge in [0.05, 0.1) is 0 Å². The summed E-state index contributed by atoms with van der Waals surface area (Å²) in [4.78, 5) is 1.11. The van der Waals surface area contributed by atoms with Crippen molar-refractivity contribution in [2.75, 3.05) is 0 Å². The van der Waals surface area contributed by atoms with Crippen molar-refractivity contribution >= 4 is 11.3 Å². The van der Waals surface area contributed by atoms with E-state index in [9.17, 15) is 4.39 Å². The minimum absolute atomic E-state index is 0.105. The van der Waals surface area contributed by atoms with E-state index < -0.39 is 0 Å². The summed E-state index contributed by atoms with van der Waals surface area (Å²) in [7, 11) is 0. The normalized spacial score (nSPS) is 9.75. The van der Waals surface area contributed by atoms with Gasteiger partial charge in [0.25, 0.3) is 0 Å². The molecule has 0 radical (unpaired) electrons. The second-order valence-corrected chi connectivity index (χ2v) is 2.58. The van der Waals surface area contributed by atoms with Crippen LogP contribution in [0.2, 0.25) is 0 Å². The zero-order valence-electron chi connectivity index (χ0n) is 4.65. The molecule has 0 aliphatic carbocycles. The fraction of sp³-hybridized carbons (Fsp3) is 0.333. The first-order chi connectivity index (χ1) is 3.83. The molecule has 0 fully saturated rings. The van der Waals surface area contributed by atoms with Gasteiger partial charge in [-0.2, -0.15) is 0 Å². The molecule has 0 N–H and O–H groups in total. The molecule has 44 valence electrons. The smallest absolute Gasteiger partial charge is 0.134 e. The van der Waals surface area contributed by atoms with Gasteiger partial charge in [-0.25, -0.2) is 4.39 Å². The highest BCUT2D eigenvalue weighted by Crippen LogP contribution is 2.12. The molecule has 1 heterocycles. The molecule has 2 heteroatoms. The summed E-state index contributed by atoms with van der Waals surface area (Å²) in [6.45, 7) is 2.02. The fourth-order valence-electron chi connectivity index (χ4n) is 0.539. The average Bonchev–Trinajstić information content (AvgIpc) is 2.14. The van der Waals surface area contributed by atoms with Crippen LogP contribution >= 0.6 is 11.3 Å². The highest BCUT2D eigenvalue weighted by atomic mass is 32.1. The van der Waals surface area contributed by atoms with Gasteiger partial charge in [0.15, 0.2) is 0 Å². The van der Waals surface area contributed by atoms with E-state index in [0.717, 1.165) is 11.3 Å².